The van der Waals surface area contributed by atoms with Crippen LogP contribution in [0.15, 0.2) is 43.0 Å². The molecule has 1 aromatic carbocycles. The number of ether oxygens (including phenoxy) is 3. The highest BCUT2D eigenvalue weighted by molar-refractivity contribution is 7.56. The molecule has 0 aliphatic rings. The minimum absolute atomic E-state index is 0. The number of para-hydroxylation sites is 1. The molecule has 284 valence electrons. The molecule has 0 spiro atoms. The van der Waals surface area contributed by atoms with Gasteiger partial charge < -0.3 is 18.7 Å². The Morgan fingerprint density at radius 3 is 1.56 bits per heavy atom. The zero-order chi connectivity index (χ0) is 38.6. The maximum Gasteiger partial charge on any atom is 0.336 e. The number of benzene rings is 1. The molecule has 14 heteroatoms. The van der Waals surface area contributed by atoms with E-state index in [0.29, 0.717) is 5.75 Å². The van der Waals surface area contributed by atoms with Crippen LogP contribution in [0.5, 0.6) is 5.75 Å². The van der Waals surface area contributed by atoms with Crippen LogP contribution in [0, 0.1) is 10.8 Å². The number of carbonyl (C=O) groups excluding carboxylic acids is 3. The fourth-order valence-electron chi connectivity index (χ4n) is 2.20. The van der Waals surface area contributed by atoms with Crippen LogP contribution in [0.2, 0.25) is 0 Å². The third-order valence-corrected chi connectivity index (χ3v) is 7.46. The van der Waals surface area contributed by atoms with Crippen molar-refractivity contribution < 1.29 is 52.7 Å². The summed E-state index contributed by atoms with van der Waals surface area (Å²) in [6.45, 7) is 29.1. The highest BCUT2D eigenvalue weighted by atomic mass is 31.2. The minimum Gasteiger partial charge on any atom is -0.462 e. The second kappa shape index (κ2) is 28.4. The van der Waals surface area contributed by atoms with E-state index in [1.165, 1.54) is 13.1 Å². The fraction of sp³-hybridized carbons (Fsp3) is 0.676. The molecule has 0 amide bonds. The zero-order valence-corrected chi connectivity index (χ0v) is 34.0. The molecule has 1 atom stereocenters. The molecule has 0 saturated heterocycles. The summed E-state index contributed by atoms with van der Waals surface area (Å²) in [6, 6.07) is 8.79. The van der Waals surface area contributed by atoms with E-state index >= 15 is 0 Å². The SMILES string of the molecule is C=CC.CC.CC(C)OC(=O)CNP(C)(=O)Oc1ccccc1.CCC.CCP(=O)(OCOC(=O)C(C)(C)C)OCOC(=O)C(C)(C)C.[HH]. The highest BCUT2D eigenvalue weighted by Crippen LogP contribution is 2.47. The van der Waals surface area contributed by atoms with Crippen molar-refractivity contribution >= 4 is 33.0 Å². The number of allylic oxidation sites excluding steroid dienone is 1. The Morgan fingerprint density at radius 2 is 1.25 bits per heavy atom. The molecule has 1 N–H and O–H groups in total. The normalized spacial score (nSPS) is 11.9. The van der Waals surface area contributed by atoms with Crippen molar-refractivity contribution in [3.63, 3.8) is 0 Å². The van der Waals surface area contributed by atoms with Crippen molar-refractivity contribution in [2.24, 2.45) is 10.8 Å². The lowest BCUT2D eigenvalue weighted by molar-refractivity contribution is -0.162. The van der Waals surface area contributed by atoms with Gasteiger partial charge in [0, 0.05) is 14.3 Å². The average molecular weight is 728 g/mol. The van der Waals surface area contributed by atoms with Crippen molar-refractivity contribution in [3.8, 4) is 5.75 Å². The second-order valence-electron chi connectivity index (χ2n) is 12.0. The van der Waals surface area contributed by atoms with Gasteiger partial charge in [0.25, 0.3) is 0 Å². The molecule has 1 rings (SSSR count). The Balaban J connectivity index is -0.000000215. The topological polar surface area (TPSA) is 153 Å². The van der Waals surface area contributed by atoms with E-state index < -0.39 is 57.4 Å². The van der Waals surface area contributed by atoms with Gasteiger partial charge in [-0.15, -0.1) is 6.58 Å². The Labute approximate surface area is 292 Å². The Morgan fingerprint density at radius 1 is 0.875 bits per heavy atom. The van der Waals surface area contributed by atoms with Crippen molar-refractivity contribution in [2.75, 3.05) is 33.0 Å². The lowest BCUT2D eigenvalue weighted by Gasteiger charge is -2.21. The minimum atomic E-state index is -3.47. The first-order chi connectivity index (χ1) is 22.0. The second-order valence-corrected chi connectivity index (χ2v) is 16.6. The predicted octanol–water partition coefficient (Wildman–Crippen LogP) is 9.64. The van der Waals surface area contributed by atoms with Crippen LogP contribution < -0.4 is 9.61 Å². The molecular formula is C34H67NO11P2. The average Bonchev–Trinajstić information content (AvgIpc) is 2.97. The summed E-state index contributed by atoms with van der Waals surface area (Å²) < 4.78 is 54.2. The standard InChI is InChI=1S/C14H27O7P.C12H18NO4P.C3H8.C3H6.C2H6.H2/c1-8-22(17,20-9-18-11(15)13(2,3)4)21-10-19-12(16)14(5,6)7;1-10(2)16-12(14)9-13-18(3,15)17-11-7-5-4-6-8-11;2*1-3-2;1-2;/h8-10H2,1-7H3;4-8,10H,9H2,1-3H3,(H,13,15);3H2,1-2H3;3H,1H2,2H3;1-2H3;1H. The van der Waals surface area contributed by atoms with E-state index in [1.807, 2.05) is 26.8 Å². The Bertz CT molecular complexity index is 1070. The van der Waals surface area contributed by atoms with Gasteiger partial charge in [-0.1, -0.05) is 65.3 Å². The molecule has 1 unspecified atom stereocenters. The number of hydrogen-bond donors (Lipinski definition) is 1. The first-order valence-electron chi connectivity index (χ1n) is 16.1. The van der Waals surface area contributed by atoms with Gasteiger partial charge in [-0.3, -0.25) is 32.6 Å². The molecule has 0 fully saturated rings. The van der Waals surface area contributed by atoms with E-state index in [1.54, 1.807) is 92.7 Å². The molecule has 48 heavy (non-hydrogen) atoms. The van der Waals surface area contributed by atoms with Gasteiger partial charge in [0.2, 0.25) is 13.6 Å². The maximum atomic E-state index is 12.2. The number of rotatable bonds is 13. The van der Waals surface area contributed by atoms with Gasteiger partial charge >= 0.3 is 33.0 Å². The van der Waals surface area contributed by atoms with Crippen molar-refractivity contribution in [1.29, 1.82) is 0 Å². The van der Waals surface area contributed by atoms with E-state index in [9.17, 15) is 23.5 Å². The lowest BCUT2D eigenvalue weighted by atomic mass is 9.98. The smallest absolute Gasteiger partial charge is 0.336 e. The van der Waals surface area contributed by atoms with Gasteiger partial charge in [-0.05, 0) is 74.4 Å². The van der Waals surface area contributed by atoms with Gasteiger partial charge in [0.15, 0.2) is 0 Å². The summed E-state index contributed by atoms with van der Waals surface area (Å²) in [5.41, 5.74) is -1.36. The van der Waals surface area contributed by atoms with E-state index in [4.69, 9.17) is 27.8 Å². The number of nitrogens with one attached hydrogen (secondary N) is 1. The fourth-order valence-corrected chi connectivity index (χ4v) is 4.07. The predicted molar refractivity (Wildman–Crippen MR) is 196 cm³/mol. The van der Waals surface area contributed by atoms with Crippen LogP contribution >= 0.6 is 15.1 Å². The molecule has 0 aromatic heterocycles. The summed E-state index contributed by atoms with van der Waals surface area (Å²) in [4.78, 5) is 34.4. The molecule has 1 aromatic rings. The Kier molecular flexibility index (Phi) is 30.9. The summed E-state index contributed by atoms with van der Waals surface area (Å²) in [5, 5.41) is 2.57. The summed E-state index contributed by atoms with van der Waals surface area (Å²) >= 11 is 0. The summed E-state index contributed by atoms with van der Waals surface area (Å²) in [5.74, 6) is -0.916. The molecule has 0 aliphatic heterocycles. The molecule has 0 bridgehead atoms. The molecular weight excluding hydrogens is 660 g/mol. The molecule has 0 aliphatic carbocycles. The first-order valence-corrected chi connectivity index (χ1v) is 19.9. The molecule has 0 heterocycles. The van der Waals surface area contributed by atoms with Gasteiger partial charge in [-0.25, -0.2) is 5.09 Å². The monoisotopic (exact) mass is 727 g/mol. The van der Waals surface area contributed by atoms with Crippen LogP contribution in [0.25, 0.3) is 0 Å². The van der Waals surface area contributed by atoms with Crippen LogP contribution in [0.4, 0.5) is 0 Å². The van der Waals surface area contributed by atoms with Gasteiger partial charge in [-0.2, -0.15) is 0 Å². The highest BCUT2D eigenvalue weighted by Gasteiger charge is 2.28. The zero-order valence-electron chi connectivity index (χ0n) is 32.2. The molecule has 0 radical (unpaired) electrons. The molecule has 0 saturated carbocycles. The number of carbonyl (C=O) groups is 3. The largest absolute Gasteiger partial charge is 0.462 e. The van der Waals surface area contributed by atoms with Crippen LogP contribution in [-0.4, -0.2) is 57.0 Å². The third-order valence-electron chi connectivity index (χ3n) is 4.39. The van der Waals surface area contributed by atoms with E-state index in [2.05, 4.69) is 25.5 Å². The van der Waals surface area contributed by atoms with Gasteiger partial charge in [0.05, 0.1) is 16.9 Å². The van der Waals surface area contributed by atoms with E-state index in [0.717, 1.165) is 0 Å². The summed E-state index contributed by atoms with van der Waals surface area (Å²) in [6.07, 6.45) is 2.87. The van der Waals surface area contributed by atoms with Crippen molar-refractivity contribution in [1.82, 2.24) is 5.09 Å². The third kappa shape index (κ3) is 32.1. The van der Waals surface area contributed by atoms with Crippen LogP contribution in [0.1, 0.15) is 105 Å². The first kappa shape index (κ1) is 52.3. The lowest BCUT2D eigenvalue weighted by Crippen LogP contribution is -2.25. The quantitative estimate of drug-likeness (QED) is 0.0677. The van der Waals surface area contributed by atoms with Crippen LogP contribution in [0.3, 0.4) is 0 Å². The Hall–Kier alpha value is -2.49. The maximum absolute atomic E-state index is 12.2. The number of hydrogen-bond acceptors (Lipinski definition) is 11. The summed E-state index contributed by atoms with van der Waals surface area (Å²) in [7, 11) is -6.53. The number of esters is 3. The van der Waals surface area contributed by atoms with Crippen molar-refractivity contribution in [3.05, 3.63) is 43.0 Å². The van der Waals surface area contributed by atoms with Crippen molar-refractivity contribution in [2.45, 2.75) is 109 Å². The van der Waals surface area contributed by atoms with Gasteiger partial charge in [0.1, 0.15) is 12.3 Å². The molecule has 12 nitrogen and oxygen atoms in total. The van der Waals surface area contributed by atoms with Crippen LogP contribution in [-0.2, 0) is 46.8 Å². The van der Waals surface area contributed by atoms with E-state index in [-0.39, 0.29) is 20.2 Å².